The maximum Gasteiger partial charge on any atom is 0.186 e. The third-order valence-corrected chi connectivity index (χ3v) is 4.86. The highest BCUT2D eigenvalue weighted by atomic mass is 16.5. The number of ether oxygens (including phenoxy) is 1. The van der Waals surface area contributed by atoms with Crippen LogP contribution in [0.3, 0.4) is 0 Å². The normalized spacial score (nSPS) is 29.3. The van der Waals surface area contributed by atoms with Gasteiger partial charge in [0.25, 0.3) is 0 Å². The van der Waals surface area contributed by atoms with Crippen LogP contribution in [-0.4, -0.2) is 12.9 Å². The van der Waals surface area contributed by atoms with Crippen LogP contribution < -0.4 is 4.74 Å². The quantitative estimate of drug-likeness (QED) is 0.762. The largest absolute Gasteiger partial charge is 0.497 e. The van der Waals surface area contributed by atoms with E-state index < -0.39 is 0 Å². The monoisotopic (exact) mass is 256 g/mol. The average Bonchev–Trinajstić information content (AvgIpc) is 2.41. The number of allylic oxidation sites excluding steroid dienone is 2. The third-order valence-electron chi connectivity index (χ3n) is 4.86. The summed E-state index contributed by atoms with van der Waals surface area (Å²) >= 11 is 0. The van der Waals surface area contributed by atoms with E-state index in [1.54, 1.807) is 7.11 Å². The highest BCUT2D eigenvalue weighted by Crippen LogP contribution is 2.49. The van der Waals surface area contributed by atoms with Gasteiger partial charge in [0, 0.05) is 11.0 Å². The molecule has 2 aliphatic carbocycles. The van der Waals surface area contributed by atoms with Gasteiger partial charge in [0.1, 0.15) is 5.75 Å². The fraction of sp³-hybridized carbons (Fsp3) is 0.471. The molecule has 2 aliphatic rings. The second kappa shape index (κ2) is 4.22. The zero-order valence-corrected chi connectivity index (χ0v) is 11.8. The molecule has 0 spiro atoms. The minimum absolute atomic E-state index is 0.00937. The summed E-state index contributed by atoms with van der Waals surface area (Å²) in [6, 6.07) is 5.84. The number of benzene rings is 1. The Morgan fingerprint density at radius 3 is 2.89 bits per heavy atom. The molecule has 0 unspecified atom stereocenters. The van der Waals surface area contributed by atoms with Gasteiger partial charge in [-0.15, -0.1) is 0 Å². The molecular weight excluding hydrogens is 236 g/mol. The number of ketones is 1. The minimum atomic E-state index is 0.00937. The van der Waals surface area contributed by atoms with Gasteiger partial charge < -0.3 is 4.74 Å². The number of hydrogen-bond acceptors (Lipinski definition) is 2. The second-order valence-corrected chi connectivity index (χ2v) is 6.00. The SMILES string of the molecule is COc1ccc2c(c1)[C@]1(C)CCC[C@H](C)C1=CC2=O. The maximum atomic E-state index is 12.3. The van der Waals surface area contributed by atoms with E-state index in [1.165, 1.54) is 18.4 Å². The first-order valence-corrected chi connectivity index (χ1v) is 7.01. The van der Waals surface area contributed by atoms with Gasteiger partial charge in [-0.05, 0) is 48.6 Å². The molecular formula is C17H20O2. The van der Waals surface area contributed by atoms with Crippen molar-refractivity contribution < 1.29 is 9.53 Å². The van der Waals surface area contributed by atoms with E-state index in [2.05, 4.69) is 19.9 Å². The lowest BCUT2D eigenvalue weighted by Gasteiger charge is -2.43. The fourth-order valence-corrected chi connectivity index (χ4v) is 3.74. The zero-order valence-electron chi connectivity index (χ0n) is 11.8. The highest BCUT2D eigenvalue weighted by molar-refractivity contribution is 6.08. The first-order chi connectivity index (χ1) is 9.06. The first kappa shape index (κ1) is 12.5. The van der Waals surface area contributed by atoms with Crippen molar-refractivity contribution in [2.24, 2.45) is 5.92 Å². The van der Waals surface area contributed by atoms with Gasteiger partial charge >= 0.3 is 0 Å². The summed E-state index contributed by atoms with van der Waals surface area (Å²) in [5.41, 5.74) is 3.32. The third kappa shape index (κ3) is 1.73. The Hall–Kier alpha value is -1.57. The molecule has 1 fully saturated rings. The summed E-state index contributed by atoms with van der Waals surface area (Å²) in [5.74, 6) is 1.49. The van der Waals surface area contributed by atoms with Gasteiger partial charge in [-0.25, -0.2) is 0 Å². The number of rotatable bonds is 1. The van der Waals surface area contributed by atoms with E-state index in [9.17, 15) is 4.79 Å². The van der Waals surface area contributed by atoms with Crippen molar-refractivity contribution in [3.63, 3.8) is 0 Å². The molecule has 0 bridgehead atoms. The van der Waals surface area contributed by atoms with E-state index >= 15 is 0 Å². The summed E-state index contributed by atoms with van der Waals surface area (Å²) in [6.07, 6.45) is 5.42. The lowest BCUT2D eigenvalue weighted by atomic mass is 9.60. The van der Waals surface area contributed by atoms with Gasteiger partial charge in [0.2, 0.25) is 0 Å². The summed E-state index contributed by atoms with van der Waals surface area (Å²) in [4.78, 5) is 12.3. The molecule has 2 nitrogen and oxygen atoms in total. The number of fused-ring (bicyclic) bond motifs is 3. The molecule has 0 radical (unpaired) electrons. The Balaban J connectivity index is 2.21. The van der Waals surface area contributed by atoms with Crippen molar-refractivity contribution in [2.75, 3.05) is 7.11 Å². The van der Waals surface area contributed by atoms with Crippen molar-refractivity contribution in [3.05, 3.63) is 41.0 Å². The smallest absolute Gasteiger partial charge is 0.186 e. The Morgan fingerprint density at radius 1 is 1.37 bits per heavy atom. The Morgan fingerprint density at radius 2 is 2.16 bits per heavy atom. The highest BCUT2D eigenvalue weighted by Gasteiger charge is 2.42. The van der Waals surface area contributed by atoms with E-state index in [0.29, 0.717) is 5.92 Å². The molecule has 0 aromatic heterocycles. The van der Waals surface area contributed by atoms with Gasteiger partial charge in [-0.2, -0.15) is 0 Å². The zero-order chi connectivity index (χ0) is 13.6. The van der Waals surface area contributed by atoms with E-state index in [1.807, 2.05) is 18.2 Å². The molecule has 0 N–H and O–H groups in total. The first-order valence-electron chi connectivity index (χ1n) is 7.01. The van der Waals surface area contributed by atoms with Crippen molar-refractivity contribution in [1.82, 2.24) is 0 Å². The van der Waals surface area contributed by atoms with E-state index in [-0.39, 0.29) is 11.2 Å². The van der Waals surface area contributed by atoms with Crippen LogP contribution in [0.5, 0.6) is 5.75 Å². The van der Waals surface area contributed by atoms with Crippen LogP contribution in [0.1, 0.15) is 49.0 Å². The molecule has 0 amide bonds. The molecule has 1 aromatic carbocycles. The lowest BCUT2D eigenvalue weighted by molar-refractivity contribution is 0.103. The summed E-state index contributed by atoms with van der Waals surface area (Å²) in [7, 11) is 1.68. The Labute approximate surface area is 114 Å². The van der Waals surface area contributed by atoms with E-state index in [0.717, 1.165) is 23.3 Å². The Bertz CT molecular complexity index is 571. The average molecular weight is 256 g/mol. The predicted molar refractivity (Wildman–Crippen MR) is 75.8 cm³/mol. The molecule has 1 aromatic rings. The van der Waals surface area contributed by atoms with Gasteiger partial charge in [-0.1, -0.05) is 25.8 Å². The van der Waals surface area contributed by atoms with Crippen LogP contribution >= 0.6 is 0 Å². The molecule has 2 heteroatoms. The molecule has 0 heterocycles. The predicted octanol–water partition coefficient (Wildman–Crippen LogP) is 3.90. The van der Waals surface area contributed by atoms with Gasteiger partial charge in [-0.3, -0.25) is 4.79 Å². The standard InChI is InChI=1S/C17H20O2/c1-11-5-4-8-17(2)14(11)10-16(18)13-7-6-12(19-3)9-15(13)17/h6-7,9-11H,4-5,8H2,1-3H3/t11-,17+/m0/s1. The van der Waals surface area contributed by atoms with Crippen LogP contribution in [-0.2, 0) is 5.41 Å². The van der Waals surface area contributed by atoms with Crippen LogP contribution in [0, 0.1) is 5.92 Å². The van der Waals surface area contributed by atoms with Crippen LogP contribution in [0.25, 0.3) is 0 Å². The summed E-state index contributed by atoms with van der Waals surface area (Å²) in [6.45, 7) is 4.51. The molecule has 2 atom stereocenters. The van der Waals surface area contributed by atoms with Crippen LogP contribution in [0.15, 0.2) is 29.8 Å². The van der Waals surface area contributed by atoms with Crippen molar-refractivity contribution in [1.29, 1.82) is 0 Å². The van der Waals surface area contributed by atoms with Crippen molar-refractivity contribution >= 4 is 5.78 Å². The van der Waals surface area contributed by atoms with Crippen molar-refractivity contribution in [2.45, 2.75) is 38.5 Å². The molecule has 3 rings (SSSR count). The molecule has 19 heavy (non-hydrogen) atoms. The molecule has 100 valence electrons. The fourth-order valence-electron chi connectivity index (χ4n) is 3.74. The number of methoxy groups -OCH3 is 1. The maximum absolute atomic E-state index is 12.3. The lowest BCUT2D eigenvalue weighted by Crippen LogP contribution is -2.37. The Kier molecular flexibility index (Phi) is 2.77. The number of hydrogen-bond donors (Lipinski definition) is 0. The molecule has 0 aliphatic heterocycles. The summed E-state index contributed by atoms with van der Waals surface area (Å²) < 4.78 is 5.34. The number of carbonyl (C=O) groups is 1. The van der Waals surface area contributed by atoms with Crippen LogP contribution in [0.4, 0.5) is 0 Å². The van der Waals surface area contributed by atoms with Crippen molar-refractivity contribution in [3.8, 4) is 5.75 Å². The van der Waals surface area contributed by atoms with Crippen LogP contribution in [0.2, 0.25) is 0 Å². The summed E-state index contributed by atoms with van der Waals surface area (Å²) in [5, 5.41) is 0. The molecule has 1 saturated carbocycles. The molecule has 0 saturated heterocycles. The van der Waals surface area contributed by atoms with Gasteiger partial charge in [0.15, 0.2) is 5.78 Å². The second-order valence-electron chi connectivity index (χ2n) is 6.00. The van der Waals surface area contributed by atoms with Gasteiger partial charge in [0.05, 0.1) is 7.11 Å². The topological polar surface area (TPSA) is 26.3 Å². The number of carbonyl (C=O) groups excluding carboxylic acids is 1. The van der Waals surface area contributed by atoms with E-state index in [4.69, 9.17) is 4.74 Å². The minimum Gasteiger partial charge on any atom is -0.497 e.